The predicted molar refractivity (Wildman–Crippen MR) is 90.7 cm³/mol. The van der Waals surface area contributed by atoms with E-state index in [2.05, 4.69) is 22.4 Å². The second-order valence-corrected chi connectivity index (χ2v) is 5.31. The first kappa shape index (κ1) is 16.7. The Morgan fingerprint density at radius 2 is 2.00 bits per heavy atom. The number of nitrogens with zero attached hydrogens (tertiary/aromatic N) is 2. The fourth-order valence-electron chi connectivity index (χ4n) is 2.34. The molecule has 2 rings (SSSR count). The minimum Gasteiger partial charge on any atom is -0.315 e. The molecule has 2 aromatic rings. The molecule has 0 saturated heterocycles. The first-order valence-electron chi connectivity index (χ1n) is 7.78. The first-order valence-corrected chi connectivity index (χ1v) is 7.78. The highest BCUT2D eigenvalue weighted by Gasteiger charge is 2.18. The van der Waals surface area contributed by atoms with Crippen molar-refractivity contribution in [2.75, 3.05) is 17.3 Å². The van der Waals surface area contributed by atoms with Crippen LogP contribution in [0.2, 0.25) is 0 Å². The van der Waals surface area contributed by atoms with Crippen LogP contribution in [0.4, 0.5) is 11.5 Å². The van der Waals surface area contributed by atoms with E-state index in [-0.39, 0.29) is 11.8 Å². The highest BCUT2D eigenvalue weighted by molar-refractivity contribution is 6.10. The average molecular weight is 314 g/mol. The fraction of sp³-hybridized carbons (Fsp3) is 0.353. The lowest BCUT2D eigenvalue weighted by Crippen LogP contribution is -2.28. The summed E-state index contributed by atoms with van der Waals surface area (Å²) < 4.78 is 0. The number of H-pyrrole nitrogens is 1. The van der Waals surface area contributed by atoms with Gasteiger partial charge in [0.1, 0.15) is 0 Å². The van der Waals surface area contributed by atoms with Gasteiger partial charge in [-0.3, -0.25) is 14.7 Å². The molecule has 0 unspecified atom stereocenters. The van der Waals surface area contributed by atoms with E-state index in [0.29, 0.717) is 23.5 Å². The zero-order valence-electron chi connectivity index (χ0n) is 13.7. The maximum Gasteiger partial charge on any atom is 0.258 e. The third kappa shape index (κ3) is 3.97. The molecule has 0 radical (unpaired) electrons. The van der Waals surface area contributed by atoms with Crippen LogP contribution in [0.25, 0.3) is 0 Å². The van der Waals surface area contributed by atoms with Crippen molar-refractivity contribution in [2.45, 2.75) is 33.1 Å². The summed E-state index contributed by atoms with van der Waals surface area (Å²) in [6.45, 7) is 3.87. The van der Waals surface area contributed by atoms with Crippen LogP contribution in [0.1, 0.15) is 42.7 Å². The van der Waals surface area contributed by atoms with Gasteiger partial charge in [-0.25, -0.2) is 0 Å². The zero-order valence-corrected chi connectivity index (χ0v) is 13.7. The number of anilines is 2. The lowest BCUT2D eigenvalue weighted by Gasteiger charge is -2.19. The van der Waals surface area contributed by atoms with Crippen LogP contribution in [-0.2, 0) is 11.2 Å². The molecule has 6 nitrogen and oxygen atoms in total. The topological polar surface area (TPSA) is 78.1 Å². The van der Waals surface area contributed by atoms with Crippen molar-refractivity contribution in [2.24, 2.45) is 0 Å². The number of benzene rings is 1. The average Bonchev–Trinajstić information content (AvgIpc) is 3.00. The molecule has 6 heteroatoms. The first-order chi connectivity index (χ1) is 11.1. The Balaban J connectivity index is 2.20. The van der Waals surface area contributed by atoms with Crippen LogP contribution in [0.5, 0.6) is 0 Å². The highest BCUT2D eigenvalue weighted by Crippen LogP contribution is 2.21. The van der Waals surface area contributed by atoms with Crippen molar-refractivity contribution < 1.29 is 9.59 Å². The maximum absolute atomic E-state index is 12.5. The number of carbonyl (C=O) groups is 2. The van der Waals surface area contributed by atoms with Gasteiger partial charge in [-0.1, -0.05) is 32.4 Å². The SMILES string of the molecule is CCCc1cc(NC(=O)c2ccccc2N(C)C(=O)CC)n[nH]1. The second-order valence-electron chi connectivity index (χ2n) is 5.31. The molecule has 1 aromatic heterocycles. The van der Waals surface area contributed by atoms with Gasteiger partial charge in [0.25, 0.3) is 5.91 Å². The maximum atomic E-state index is 12.5. The zero-order chi connectivity index (χ0) is 16.8. The summed E-state index contributed by atoms with van der Waals surface area (Å²) in [5, 5.41) is 9.76. The van der Waals surface area contributed by atoms with Gasteiger partial charge in [-0.15, -0.1) is 0 Å². The Morgan fingerprint density at radius 3 is 2.70 bits per heavy atom. The van der Waals surface area contributed by atoms with Crippen LogP contribution in [-0.4, -0.2) is 29.1 Å². The number of hydrogen-bond acceptors (Lipinski definition) is 3. The van der Waals surface area contributed by atoms with E-state index in [1.165, 1.54) is 4.90 Å². The standard InChI is InChI=1S/C17H22N4O2/c1-4-8-12-11-15(20-19-12)18-17(23)13-9-6-7-10-14(13)21(3)16(22)5-2/h6-7,9-11H,4-5,8H2,1-3H3,(H2,18,19,20,23). The van der Waals surface area contributed by atoms with Gasteiger partial charge in [-0.05, 0) is 18.6 Å². The molecule has 2 N–H and O–H groups in total. The van der Waals surface area contributed by atoms with Gasteiger partial charge in [0.2, 0.25) is 5.91 Å². The van der Waals surface area contributed by atoms with Crippen LogP contribution in [0, 0.1) is 0 Å². The molecule has 1 aromatic carbocycles. The molecular formula is C17H22N4O2. The van der Waals surface area contributed by atoms with Crippen molar-refractivity contribution in [1.29, 1.82) is 0 Å². The van der Waals surface area contributed by atoms with Crippen molar-refractivity contribution in [1.82, 2.24) is 10.2 Å². The Labute approximate surface area is 135 Å². The predicted octanol–water partition coefficient (Wildman–Crippen LogP) is 2.99. The molecule has 2 amide bonds. The van der Waals surface area contributed by atoms with E-state index in [4.69, 9.17) is 0 Å². The molecule has 0 saturated carbocycles. The van der Waals surface area contributed by atoms with Crippen LogP contribution >= 0.6 is 0 Å². The molecule has 0 aliphatic carbocycles. The monoisotopic (exact) mass is 314 g/mol. The molecule has 23 heavy (non-hydrogen) atoms. The summed E-state index contributed by atoms with van der Waals surface area (Å²) in [4.78, 5) is 25.9. The van der Waals surface area contributed by atoms with Gasteiger partial charge in [0.05, 0.1) is 11.3 Å². The van der Waals surface area contributed by atoms with Crippen LogP contribution < -0.4 is 10.2 Å². The molecule has 0 aliphatic rings. The molecule has 0 bridgehead atoms. The number of aryl methyl sites for hydroxylation is 1. The van der Waals surface area contributed by atoms with Crippen LogP contribution in [0.3, 0.4) is 0 Å². The van der Waals surface area contributed by atoms with Gasteiger partial charge in [-0.2, -0.15) is 5.10 Å². The molecular weight excluding hydrogens is 292 g/mol. The number of rotatable bonds is 6. The minimum atomic E-state index is -0.286. The molecule has 122 valence electrons. The number of hydrogen-bond donors (Lipinski definition) is 2. The Hall–Kier alpha value is -2.63. The van der Waals surface area contributed by atoms with E-state index in [1.54, 1.807) is 38.2 Å². The minimum absolute atomic E-state index is 0.0461. The number of para-hydroxylation sites is 1. The summed E-state index contributed by atoms with van der Waals surface area (Å²) in [7, 11) is 1.67. The molecule has 0 spiro atoms. The van der Waals surface area contributed by atoms with Gasteiger partial charge in [0.15, 0.2) is 5.82 Å². The largest absolute Gasteiger partial charge is 0.315 e. The number of amides is 2. The van der Waals surface area contributed by atoms with Crippen molar-refractivity contribution >= 4 is 23.3 Å². The summed E-state index contributed by atoms with van der Waals surface area (Å²) in [6.07, 6.45) is 2.27. The smallest absolute Gasteiger partial charge is 0.258 e. The van der Waals surface area contributed by atoms with Gasteiger partial charge >= 0.3 is 0 Å². The molecule has 0 aliphatic heterocycles. The quantitative estimate of drug-likeness (QED) is 0.860. The van der Waals surface area contributed by atoms with Crippen molar-refractivity contribution in [3.63, 3.8) is 0 Å². The lowest BCUT2D eigenvalue weighted by molar-refractivity contribution is -0.118. The summed E-state index contributed by atoms with van der Waals surface area (Å²) in [5.41, 5.74) is 2.01. The second kappa shape index (κ2) is 7.58. The van der Waals surface area contributed by atoms with E-state index < -0.39 is 0 Å². The summed E-state index contributed by atoms with van der Waals surface area (Å²) >= 11 is 0. The van der Waals surface area contributed by atoms with E-state index >= 15 is 0 Å². The van der Waals surface area contributed by atoms with E-state index in [1.807, 2.05) is 6.07 Å². The number of aromatic nitrogens is 2. The normalized spacial score (nSPS) is 10.4. The Morgan fingerprint density at radius 1 is 1.26 bits per heavy atom. The van der Waals surface area contributed by atoms with Gasteiger partial charge < -0.3 is 10.2 Å². The van der Waals surface area contributed by atoms with Crippen molar-refractivity contribution in [3.8, 4) is 0 Å². The number of aromatic amines is 1. The molecule has 0 atom stereocenters. The number of nitrogens with one attached hydrogen (secondary N) is 2. The van der Waals surface area contributed by atoms with Gasteiger partial charge in [0, 0.05) is 25.2 Å². The Kier molecular flexibility index (Phi) is 5.51. The van der Waals surface area contributed by atoms with Crippen LogP contribution in [0.15, 0.2) is 30.3 Å². The lowest BCUT2D eigenvalue weighted by atomic mass is 10.1. The third-order valence-corrected chi connectivity index (χ3v) is 3.58. The third-order valence-electron chi connectivity index (χ3n) is 3.58. The molecule has 0 fully saturated rings. The fourth-order valence-corrected chi connectivity index (χ4v) is 2.34. The summed E-state index contributed by atoms with van der Waals surface area (Å²) in [5.74, 6) is 0.152. The van der Waals surface area contributed by atoms with E-state index in [0.717, 1.165) is 18.5 Å². The van der Waals surface area contributed by atoms with E-state index in [9.17, 15) is 9.59 Å². The highest BCUT2D eigenvalue weighted by atomic mass is 16.2. The molecule has 1 heterocycles. The van der Waals surface area contributed by atoms with Crippen molar-refractivity contribution in [3.05, 3.63) is 41.6 Å². The Bertz CT molecular complexity index is 693. The summed E-state index contributed by atoms with van der Waals surface area (Å²) in [6, 6.07) is 8.86. The number of carbonyl (C=O) groups excluding carboxylic acids is 2.